The number of amidine groups is 1. The second-order valence-corrected chi connectivity index (χ2v) is 11.1. The Morgan fingerprint density at radius 2 is 1.78 bits per heavy atom. The topological polar surface area (TPSA) is 94.4 Å². The van der Waals surface area contributed by atoms with E-state index in [0.29, 0.717) is 10.7 Å². The Labute approximate surface area is 219 Å². The van der Waals surface area contributed by atoms with E-state index < -0.39 is 15.9 Å². The zero-order valence-corrected chi connectivity index (χ0v) is 22.3. The van der Waals surface area contributed by atoms with Crippen molar-refractivity contribution in [3.05, 3.63) is 76.3 Å². The van der Waals surface area contributed by atoms with Crippen LogP contribution in [0.2, 0.25) is 10.0 Å². The number of rotatable bonds is 5. The zero-order valence-electron chi connectivity index (χ0n) is 20.0. The third-order valence-corrected chi connectivity index (χ3v) is 7.92. The maximum Gasteiger partial charge on any atom is 0.278 e. The molecule has 0 saturated heterocycles. The standard InChI is InChI=1S/C25H23Cl2N5O3S/c1-15-13-17(31(2)3)10-12-19(15)28-23(25(33)30-21-14-16(26)9-11-18(21)27)24-29-20-7-5-6-8-22(20)36(34,35)32(24)4/h5-14H,1-4H3,(H,30,33). The molecule has 0 unspecified atom stereocenters. The first-order valence-electron chi connectivity index (χ1n) is 10.8. The second kappa shape index (κ2) is 9.93. The molecule has 0 aromatic heterocycles. The van der Waals surface area contributed by atoms with Gasteiger partial charge in [0.1, 0.15) is 4.90 Å². The molecule has 0 aliphatic carbocycles. The van der Waals surface area contributed by atoms with Gasteiger partial charge in [0, 0.05) is 31.9 Å². The monoisotopic (exact) mass is 543 g/mol. The number of para-hydroxylation sites is 1. The molecular weight excluding hydrogens is 521 g/mol. The van der Waals surface area contributed by atoms with Crippen LogP contribution in [0.25, 0.3) is 0 Å². The van der Waals surface area contributed by atoms with Crippen molar-refractivity contribution in [2.75, 3.05) is 31.4 Å². The Bertz CT molecular complexity index is 1530. The van der Waals surface area contributed by atoms with E-state index in [0.717, 1.165) is 15.6 Å². The number of aryl methyl sites for hydroxylation is 1. The van der Waals surface area contributed by atoms with Gasteiger partial charge in [0.2, 0.25) is 0 Å². The van der Waals surface area contributed by atoms with Crippen LogP contribution in [0.1, 0.15) is 5.56 Å². The summed E-state index contributed by atoms with van der Waals surface area (Å²) in [5.41, 5.74) is 2.49. The number of hydrogen-bond donors (Lipinski definition) is 1. The fourth-order valence-electron chi connectivity index (χ4n) is 3.56. The molecule has 1 amide bonds. The third kappa shape index (κ3) is 4.95. The normalized spacial score (nSPS) is 14.7. The zero-order chi connectivity index (χ0) is 26.2. The van der Waals surface area contributed by atoms with E-state index in [1.165, 1.54) is 19.2 Å². The Kier molecular flexibility index (Phi) is 7.08. The minimum Gasteiger partial charge on any atom is -0.378 e. The van der Waals surface area contributed by atoms with Gasteiger partial charge in [-0.1, -0.05) is 35.3 Å². The fourth-order valence-corrected chi connectivity index (χ4v) is 5.17. The molecule has 0 radical (unpaired) electrons. The number of nitrogens with zero attached hydrogens (tertiary/aromatic N) is 4. The van der Waals surface area contributed by atoms with Crippen LogP contribution in [0.4, 0.5) is 22.7 Å². The van der Waals surface area contributed by atoms with Gasteiger partial charge in [-0.3, -0.25) is 9.10 Å². The number of carbonyl (C=O) groups is 1. The van der Waals surface area contributed by atoms with Gasteiger partial charge >= 0.3 is 0 Å². The Hall–Kier alpha value is -3.40. The van der Waals surface area contributed by atoms with E-state index in [1.807, 2.05) is 38.1 Å². The van der Waals surface area contributed by atoms with Crippen LogP contribution in [0.3, 0.4) is 0 Å². The molecule has 36 heavy (non-hydrogen) atoms. The van der Waals surface area contributed by atoms with Crippen molar-refractivity contribution in [2.45, 2.75) is 11.8 Å². The lowest BCUT2D eigenvalue weighted by Gasteiger charge is -2.27. The number of benzene rings is 3. The Morgan fingerprint density at radius 1 is 1.06 bits per heavy atom. The van der Waals surface area contributed by atoms with Gasteiger partial charge in [-0.2, -0.15) is 0 Å². The second-order valence-electron chi connectivity index (χ2n) is 8.28. The quantitative estimate of drug-likeness (QED) is 0.433. The minimum atomic E-state index is -3.97. The van der Waals surface area contributed by atoms with E-state index in [1.54, 1.807) is 36.4 Å². The highest BCUT2D eigenvalue weighted by Gasteiger charge is 2.36. The van der Waals surface area contributed by atoms with Gasteiger partial charge in [-0.15, -0.1) is 0 Å². The van der Waals surface area contributed by atoms with Crippen LogP contribution in [-0.4, -0.2) is 51.3 Å². The van der Waals surface area contributed by atoms with Crippen molar-refractivity contribution in [3.8, 4) is 0 Å². The van der Waals surface area contributed by atoms with E-state index in [4.69, 9.17) is 23.2 Å². The molecule has 0 saturated carbocycles. The molecule has 3 aromatic rings. The summed E-state index contributed by atoms with van der Waals surface area (Å²) in [5, 5.41) is 3.32. The first-order valence-corrected chi connectivity index (χ1v) is 13.0. The molecule has 1 heterocycles. The number of nitrogens with one attached hydrogen (secondary N) is 1. The number of aliphatic imine (C=N–C) groups is 2. The lowest BCUT2D eigenvalue weighted by atomic mass is 10.1. The summed E-state index contributed by atoms with van der Waals surface area (Å²) in [6.45, 7) is 1.85. The van der Waals surface area contributed by atoms with Gasteiger partial charge in [0.15, 0.2) is 11.5 Å². The largest absolute Gasteiger partial charge is 0.378 e. The molecule has 0 bridgehead atoms. The molecule has 8 nitrogen and oxygen atoms in total. The number of anilines is 2. The Morgan fingerprint density at radius 3 is 2.47 bits per heavy atom. The van der Waals surface area contributed by atoms with Crippen LogP contribution in [0.15, 0.2) is 75.5 Å². The molecule has 4 rings (SSSR count). The minimum absolute atomic E-state index is 0.0420. The first-order chi connectivity index (χ1) is 17.0. The number of sulfonamides is 1. The number of carbonyl (C=O) groups excluding carboxylic acids is 1. The molecule has 186 valence electrons. The van der Waals surface area contributed by atoms with Crippen molar-refractivity contribution >= 4 is 73.4 Å². The van der Waals surface area contributed by atoms with Crippen molar-refractivity contribution < 1.29 is 13.2 Å². The van der Waals surface area contributed by atoms with Crippen molar-refractivity contribution in [2.24, 2.45) is 9.98 Å². The number of hydrogen-bond acceptors (Lipinski definition) is 6. The molecule has 0 spiro atoms. The van der Waals surface area contributed by atoms with Crippen molar-refractivity contribution in [1.82, 2.24) is 4.31 Å². The number of fused-ring (bicyclic) bond motifs is 1. The van der Waals surface area contributed by atoms with Crippen LogP contribution in [0, 0.1) is 6.92 Å². The number of amides is 1. The molecular formula is C25H23Cl2N5O3S. The predicted octanol–water partition coefficient (Wildman–Crippen LogP) is 5.44. The van der Waals surface area contributed by atoms with Crippen LogP contribution >= 0.6 is 23.2 Å². The lowest BCUT2D eigenvalue weighted by molar-refractivity contribution is -0.110. The average molecular weight is 544 g/mol. The van der Waals surface area contributed by atoms with E-state index in [2.05, 4.69) is 15.3 Å². The summed E-state index contributed by atoms with van der Waals surface area (Å²) < 4.78 is 27.5. The fraction of sp³-hybridized carbons (Fsp3) is 0.160. The highest BCUT2D eigenvalue weighted by atomic mass is 35.5. The van der Waals surface area contributed by atoms with Gasteiger partial charge in [-0.05, 0) is 61.0 Å². The highest BCUT2D eigenvalue weighted by molar-refractivity contribution is 7.90. The summed E-state index contributed by atoms with van der Waals surface area (Å²) in [5.74, 6) is -0.823. The van der Waals surface area contributed by atoms with Crippen LogP contribution in [-0.2, 0) is 14.8 Å². The number of halogens is 2. The molecule has 1 N–H and O–H groups in total. The van der Waals surface area contributed by atoms with Gasteiger partial charge in [0.25, 0.3) is 15.9 Å². The maximum absolute atomic E-state index is 13.6. The molecule has 0 fully saturated rings. The average Bonchev–Trinajstić information content (AvgIpc) is 2.83. The molecule has 11 heteroatoms. The van der Waals surface area contributed by atoms with Crippen molar-refractivity contribution in [3.63, 3.8) is 0 Å². The smallest absolute Gasteiger partial charge is 0.278 e. The summed E-state index contributed by atoms with van der Waals surface area (Å²) >= 11 is 12.3. The molecule has 1 aliphatic heterocycles. The predicted molar refractivity (Wildman–Crippen MR) is 146 cm³/mol. The van der Waals surface area contributed by atoms with E-state index in [9.17, 15) is 13.2 Å². The molecule has 0 atom stereocenters. The van der Waals surface area contributed by atoms with E-state index >= 15 is 0 Å². The summed E-state index contributed by atoms with van der Waals surface area (Å²) in [6.07, 6.45) is 0. The lowest BCUT2D eigenvalue weighted by Crippen LogP contribution is -2.44. The van der Waals surface area contributed by atoms with Gasteiger partial charge < -0.3 is 10.2 Å². The first kappa shape index (κ1) is 25.7. The maximum atomic E-state index is 13.6. The molecule has 3 aromatic carbocycles. The third-order valence-electron chi connectivity index (χ3n) is 5.56. The van der Waals surface area contributed by atoms with Gasteiger partial charge in [-0.25, -0.2) is 18.4 Å². The van der Waals surface area contributed by atoms with Crippen LogP contribution < -0.4 is 10.2 Å². The Balaban J connectivity index is 1.89. The van der Waals surface area contributed by atoms with E-state index in [-0.39, 0.29) is 32.8 Å². The van der Waals surface area contributed by atoms with Crippen LogP contribution in [0.5, 0.6) is 0 Å². The van der Waals surface area contributed by atoms with Crippen molar-refractivity contribution in [1.29, 1.82) is 0 Å². The summed E-state index contributed by atoms with van der Waals surface area (Å²) in [4.78, 5) is 24.7. The van der Waals surface area contributed by atoms with Gasteiger partial charge in [0.05, 0.1) is 22.1 Å². The molecule has 1 aliphatic rings. The summed E-state index contributed by atoms with van der Waals surface area (Å²) in [7, 11) is 1.20. The highest BCUT2D eigenvalue weighted by Crippen LogP contribution is 2.33. The summed E-state index contributed by atoms with van der Waals surface area (Å²) in [6, 6.07) is 16.5. The SMILES string of the molecule is Cc1cc(N(C)C)ccc1N=C(C(=O)Nc1cc(Cl)ccc1Cl)C1=Nc2ccccc2S(=O)(=O)N1C.